The first-order chi connectivity index (χ1) is 4.68. The van der Waals surface area contributed by atoms with Crippen LogP contribution < -0.4 is 0 Å². The maximum absolute atomic E-state index is 8.11. The van der Waals surface area contributed by atoms with E-state index < -0.39 is 0 Å². The molecule has 0 bridgehead atoms. The Balaban J connectivity index is 0. The number of nitrogens with zero attached hydrogens (tertiary/aromatic N) is 1. The molecule has 0 saturated heterocycles. The van der Waals surface area contributed by atoms with Crippen LogP contribution in [0.4, 0.5) is 0 Å². The lowest BCUT2D eigenvalue weighted by molar-refractivity contribution is 0.312. The summed E-state index contributed by atoms with van der Waals surface area (Å²) in [4.78, 5) is 8.11. The van der Waals surface area contributed by atoms with Crippen molar-refractivity contribution in [3.8, 4) is 0 Å². The number of hydrogen-bond acceptors (Lipinski definition) is 2. The van der Waals surface area contributed by atoms with Crippen molar-refractivity contribution in [2.24, 2.45) is 11.3 Å². The van der Waals surface area contributed by atoms with Gasteiger partial charge in [0.2, 0.25) is 0 Å². The summed E-state index contributed by atoms with van der Waals surface area (Å²) in [6.45, 7) is 6.79. The van der Waals surface area contributed by atoms with E-state index in [-0.39, 0.29) is 0 Å². The summed E-state index contributed by atoms with van der Waals surface area (Å²) in [7, 11) is 0. The van der Waals surface area contributed by atoms with Crippen molar-refractivity contribution in [3.05, 3.63) is 4.91 Å². The fourth-order valence-corrected chi connectivity index (χ4v) is 0.612. The lowest BCUT2D eigenvalue weighted by atomic mass is 10.1. The van der Waals surface area contributed by atoms with E-state index in [2.05, 4.69) is 20.8 Å². The van der Waals surface area contributed by atoms with E-state index in [4.69, 9.17) is 10.1 Å². The molecule has 3 heteroatoms. The van der Waals surface area contributed by atoms with Gasteiger partial charge >= 0.3 is 0 Å². The van der Waals surface area contributed by atoms with E-state index >= 15 is 0 Å². The second-order valence-electron chi connectivity index (χ2n) is 2.62. The first-order valence-electron chi connectivity index (χ1n) is 3.65. The summed E-state index contributed by atoms with van der Waals surface area (Å²) in [5.74, 6) is 0.903. The fourth-order valence-electron chi connectivity index (χ4n) is 0.612. The summed E-state index contributed by atoms with van der Waals surface area (Å²) in [5, 5.41) is 7.89. The van der Waals surface area contributed by atoms with E-state index in [1.165, 1.54) is 24.6 Å². The van der Waals surface area contributed by atoms with Crippen molar-refractivity contribution in [2.45, 2.75) is 40.0 Å². The Labute approximate surface area is 62.4 Å². The van der Waals surface area contributed by atoms with Crippen LogP contribution in [0.3, 0.4) is 0 Å². The third-order valence-corrected chi connectivity index (χ3v) is 1.14. The summed E-state index contributed by atoms with van der Waals surface area (Å²) in [5.41, 5.74) is 0. The molecule has 0 aromatic heterocycles. The van der Waals surface area contributed by atoms with Crippen molar-refractivity contribution in [2.75, 3.05) is 0 Å². The second-order valence-corrected chi connectivity index (χ2v) is 2.62. The van der Waals surface area contributed by atoms with E-state index in [0.29, 0.717) is 0 Å². The van der Waals surface area contributed by atoms with E-state index in [0.717, 1.165) is 5.92 Å². The summed E-state index contributed by atoms with van der Waals surface area (Å²) in [6.07, 6.45) is 4.15. The molecule has 0 atom stereocenters. The Morgan fingerprint density at radius 2 is 1.90 bits per heavy atom. The molecule has 0 unspecified atom stereocenters. The minimum atomic E-state index is 0.903. The zero-order chi connectivity index (χ0) is 8.41. The Hall–Kier alpha value is -0.600. The van der Waals surface area contributed by atoms with Crippen molar-refractivity contribution >= 4 is 0 Å². The van der Waals surface area contributed by atoms with Crippen LogP contribution in [0, 0.1) is 10.8 Å². The molecule has 1 N–H and O–H groups in total. The van der Waals surface area contributed by atoms with Gasteiger partial charge in [0.25, 0.3) is 0 Å². The Bertz CT molecular complexity index is 64.6. The number of unbranched alkanes of at least 4 members (excludes halogenated alkanes) is 1. The molecule has 0 amide bonds. The highest BCUT2D eigenvalue weighted by Crippen LogP contribution is 2.04. The van der Waals surface area contributed by atoms with Crippen LogP contribution in [-0.4, -0.2) is 5.21 Å². The molecule has 0 spiro atoms. The first kappa shape index (κ1) is 12.1. The molecule has 0 aromatic carbocycles. The van der Waals surface area contributed by atoms with Crippen LogP contribution in [0.1, 0.15) is 40.0 Å². The quantitative estimate of drug-likeness (QED) is 0.492. The molecule has 0 aliphatic heterocycles. The van der Waals surface area contributed by atoms with Crippen LogP contribution in [0.5, 0.6) is 0 Å². The molecular formula is C7H17NO2. The Kier molecular flexibility index (Phi) is 13.6. The zero-order valence-corrected chi connectivity index (χ0v) is 7.00. The fraction of sp³-hybridized carbons (Fsp3) is 1.00. The summed E-state index contributed by atoms with van der Waals surface area (Å²) in [6, 6.07) is 0. The molecule has 10 heavy (non-hydrogen) atoms. The standard InChI is InChI=1S/C7H16.HNO2/c1-4-5-6-7(2)3;2-1-3/h7H,4-6H2,1-3H3;(H,2,3). The molecule has 0 aliphatic rings. The third-order valence-electron chi connectivity index (χ3n) is 1.14. The molecule has 3 nitrogen and oxygen atoms in total. The molecular weight excluding hydrogens is 130 g/mol. The summed E-state index contributed by atoms with van der Waals surface area (Å²) >= 11 is 0. The van der Waals surface area contributed by atoms with Crippen LogP contribution in [0.25, 0.3) is 0 Å². The van der Waals surface area contributed by atoms with Gasteiger partial charge in [-0.1, -0.05) is 40.0 Å². The number of hydrogen-bond donors (Lipinski definition) is 1. The van der Waals surface area contributed by atoms with Crippen LogP contribution in [0.15, 0.2) is 5.34 Å². The second kappa shape index (κ2) is 11.2. The number of rotatable bonds is 3. The molecule has 0 aromatic rings. The highest BCUT2D eigenvalue weighted by Gasteiger charge is 1.88. The minimum absolute atomic E-state index is 0.903. The smallest absolute Gasteiger partial charge is 0.152 e. The molecule has 0 aliphatic carbocycles. The van der Waals surface area contributed by atoms with Crippen LogP contribution in [0.2, 0.25) is 0 Å². The minimum Gasteiger partial charge on any atom is -0.379 e. The van der Waals surface area contributed by atoms with Crippen molar-refractivity contribution in [1.82, 2.24) is 0 Å². The predicted octanol–water partition coefficient (Wildman–Crippen LogP) is 2.97. The van der Waals surface area contributed by atoms with Crippen molar-refractivity contribution in [1.29, 1.82) is 0 Å². The molecule has 0 saturated carbocycles. The first-order valence-corrected chi connectivity index (χ1v) is 3.65. The average molecular weight is 147 g/mol. The lowest BCUT2D eigenvalue weighted by Crippen LogP contribution is -1.83. The van der Waals surface area contributed by atoms with Gasteiger partial charge in [0.1, 0.15) is 0 Å². The van der Waals surface area contributed by atoms with Gasteiger partial charge in [0, 0.05) is 0 Å². The van der Waals surface area contributed by atoms with Crippen molar-refractivity contribution in [3.63, 3.8) is 0 Å². The molecule has 0 rings (SSSR count). The average Bonchev–Trinajstić information content (AvgIpc) is 1.85. The molecule has 0 radical (unpaired) electrons. The molecule has 0 heterocycles. The Morgan fingerprint density at radius 1 is 1.50 bits per heavy atom. The Morgan fingerprint density at radius 3 is 2.00 bits per heavy atom. The van der Waals surface area contributed by atoms with Gasteiger partial charge in [0.15, 0.2) is 5.34 Å². The SMILES string of the molecule is CCCCC(C)C.O=NO. The van der Waals surface area contributed by atoms with Gasteiger partial charge in [0.05, 0.1) is 0 Å². The van der Waals surface area contributed by atoms with E-state index in [1.54, 1.807) is 0 Å². The van der Waals surface area contributed by atoms with Crippen LogP contribution in [-0.2, 0) is 0 Å². The van der Waals surface area contributed by atoms with Gasteiger partial charge in [-0.2, -0.15) is 0 Å². The van der Waals surface area contributed by atoms with Gasteiger partial charge in [-0.3, -0.25) is 0 Å². The summed E-state index contributed by atoms with van der Waals surface area (Å²) < 4.78 is 0. The molecule has 62 valence electrons. The maximum atomic E-state index is 8.11. The predicted molar refractivity (Wildman–Crippen MR) is 41.9 cm³/mol. The highest BCUT2D eigenvalue weighted by atomic mass is 16.6. The van der Waals surface area contributed by atoms with E-state index in [1.807, 2.05) is 0 Å². The largest absolute Gasteiger partial charge is 0.379 e. The third kappa shape index (κ3) is 26.2. The van der Waals surface area contributed by atoms with Gasteiger partial charge in [-0.25, -0.2) is 0 Å². The molecule has 0 fully saturated rings. The van der Waals surface area contributed by atoms with Crippen molar-refractivity contribution < 1.29 is 5.21 Å². The lowest BCUT2D eigenvalue weighted by Gasteiger charge is -1.98. The highest BCUT2D eigenvalue weighted by molar-refractivity contribution is 4.42. The van der Waals surface area contributed by atoms with Gasteiger partial charge in [-0.15, -0.1) is 4.91 Å². The maximum Gasteiger partial charge on any atom is 0.152 e. The van der Waals surface area contributed by atoms with E-state index in [9.17, 15) is 0 Å². The van der Waals surface area contributed by atoms with Gasteiger partial charge in [-0.05, 0) is 5.92 Å². The zero-order valence-electron chi connectivity index (χ0n) is 7.00. The van der Waals surface area contributed by atoms with Gasteiger partial charge < -0.3 is 5.21 Å². The normalized spacial score (nSPS) is 8.40. The topological polar surface area (TPSA) is 49.7 Å². The van der Waals surface area contributed by atoms with Crippen LogP contribution >= 0.6 is 0 Å². The monoisotopic (exact) mass is 147 g/mol.